The van der Waals surface area contributed by atoms with Gasteiger partial charge in [-0.15, -0.1) is 0 Å². The smallest absolute Gasteiger partial charge is 0.119 e. The average molecular weight is 207 g/mol. The minimum absolute atomic E-state index is 0.0338. The average Bonchev–Trinajstić information content (AvgIpc) is 2.24. The fourth-order valence-corrected chi connectivity index (χ4v) is 2.32. The van der Waals surface area contributed by atoms with E-state index in [1.54, 1.807) is 7.11 Å². The molecule has 0 unspecified atom stereocenters. The Morgan fingerprint density at radius 1 is 1.53 bits per heavy atom. The molecule has 0 atom stereocenters. The van der Waals surface area contributed by atoms with E-state index in [0.29, 0.717) is 6.54 Å². The summed E-state index contributed by atoms with van der Waals surface area (Å²) in [4.78, 5) is 0. The molecular formula is C12H17NO2. The topological polar surface area (TPSA) is 55.5 Å². The summed E-state index contributed by atoms with van der Waals surface area (Å²) < 4.78 is 5.19. The van der Waals surface area contributed by atoms with Crippen molar-refractivity contribution in [2.75, 3.05) is 13.7 Å². The van der Waals surface area contributed by atoms with Gasteiger partial charge in [-0.1, -0.05) is 12.1 Å². The molecule has 0 spiro atoms. The zero-order valence-corrected chi connectivity index (χ0v) is 8.94. The largest absolute Gasteiger partial charge is 0.497 e. The van der Waals surface area contributed by atoms with E-state index in [2.05, 4.69) is 6.07 Å². The Labute approximate surface area is 89.9 Å². The minimum Gasteiger partial charge on any atom is -0.497 e. The molecule has 1 aliphatic carbocycles. The lowest BCUT2D eigenvalue weighted by Gasteiger charge is -2.45. The Kier molecular flexibility index (Phi) is 2.67. The third kappa shape index (κ3) is 1.73. The summed E-state index contributed by atoms with van der Waals surface area (Å²) >= 11 is 0. The molecule has 1 aromatic rings. The van der Waals surface area contributed by atoms with Gasteiger partial charge in [0.2, 0.25) is 0 Å². The van der Waals surface area contributed by atoms with Crippen LogP contribution >= 0.6 is 0 Å². The van der Waals surface area contributed by atoms with E-state index in [1.165, 1.54) is 5.56 Å². The van der Waals surface area contributed by atoms with Crippen LogP contribution in [0.5, 0.6) is 5.75 Å². The van der Waals surface area contributed by atoms with Crippen LogP contribution in [0.4, 0.5) is 0 Å². The van der Waals surface area contributed by atoms with Crippen LogP contribution in [0.25, 0.3) is 0 Å². The molecule has 3 N–H and O–H groups in total. The lowest BCUT2D eigenvalue weighted by atomic mass is 9.63. The van der Waals surface area contributed by atoms with Gasteiger partial charge in [0.05, 0.1) is 13.2 Å². The van der Waals surface area contributed by atoms with Crippen molar-refractivity contribution in [3.8, 4) is 5.75 Å². The van der Waals surface area contributed by atoms with Gasteiger partial charge < -0.3 is 15.6 Å². The van der Waals surface area contributed by atoms with Crippen LogP contribution in [0.15, 0.2) is 24.3 Å². The van der Waals surface area contributed by atoms with Gasteiger partial charge in [-0.05, 0) is 30.5 Å². The Morgan fingerprint density at radius 3 is 2.80 bits per heavy atom. The maximum Gasteiger partial charge on any atom is 0.119 e. The third-order valence-electron chi connectivity index (χ3n) is 3.33. The highest BCUT2D eigenvalue weighted by Crippen LogP contribution is 2.43. The zero-order chi connectivity index (χ0) is 10.9. The molecule has 1 saturated carbocycles. The molecule has 0 heterocycles. The Morgan fingerprint density at radius 2 is 2.27 bits per heavy atom. The zero-order valence-electron chi connectivity index (χ0n) is 8.94. The number of benzene rings is 1. The van der Waals surface area contributed by atoms with Gasteiger partial charge in [0.15, 0.2) is 0 Å². The third-order valence-corrected chi connectivity index (χ3v) is 3.33. The van der Waals surface area contributed by atoms with Crippen molar-refractivity contribution in [2.45, 2.75) is 24.4 Å². The van der Waals surface area contributed by atoms with Crippen LogP contribution in [0, 0.1) is 0 Å². The number of methoxy groups -OCH3 is 1. The fraction of sp³-hybridized carbons (Fsp3) is 0.500. The summed E-state index contributed by atoms with van der Waals surface area (Å²) in [7, 11) is 1.66. The number of nitrogens with two attached hydrogens (primary N) is 1. The van der Waals surface area contributed by atoms with Gasteiger partial charge in [0, 0.05) is 12.0 Å². The van der Waals surface area contributed by atoms with E-state index in [9.17, 15) is 5.11 Å². The van der Waals surface area contributed by atoms with Crippen LogP contribution in [-0.2, 0) is 5.41 Å². The highest BCUT2D eigenvalue weighted by molar-refractivity contribution is 5.36. The first-order chi connectivity index (χ1) is 7.20. The lowest BCUT2D eigenvalue weighted by molar-refractivity contribution is 0.0221. The summed E-state index contributed by atoms with van der Waals surface area (Å²) in [6, 6.07) is 7.96. The molecule has 0 bridgehead atoms. The lowest BCUT2D eigenvalue weighted by Crippen LogP contribution is -2.49. The van der Waals surface area contributed by atoms with E-state index >= 15 is 0 Å². The number of ether oxygens (including phenoxy) is 1. The van der Waals surface area contributed by atoms with Gasteiger partial charge in [-0.2, -0.15) is 0 Å². The summed E-state index contributed by atoms with van der Waals surface area (Å²) in [6.07, 6.45) is 1.33. The van der Waals surface area contributed by atoms with Crippen LogP contribution < -0.4 is 10.5 Å². The highest BCUT2D eigenvalue weighted by Gasteiger charge is 2.43. The van der Waals surface area contributed by atoms with E-state index in [-0.39, 0.29) is 11.5 Å². The summed E-state index contributed by atoms with van der Waals surface area (Å²) in [6.45, 7) is 0.581. The molecule has 3 nitrogen and oxygen atoms in total. The molecule has 3 heteroatoms. The molecule has 1 fully saturated rings. The summed E-state index contributed by atoms with van der Waals surface area (Å²) in [5.41, 5.74) is 6.94. The molecule has 1 aliphatic rings. The van der Waals surface area contributed by atoms with E-state index in [1.807, 2.05) is 18.2 Å². The molecule has 15 heavy (non-hydrogen) atoms. The van der Waals surface area contributed by atoms with Crippen molar-refractivity contribution < 1.29 is 9.84 Å². The fourth-order valence-electron chi connectivity index (χ4n) is 2.32. The molecule has 0 aromatic heterocycles. The van der Waals surface area contributed by atoms with E-state index in [4.69, 9.17) is 10.5 Å². The predicted molar refractivity (Wildman–Crippen MR) is 59.0 cm³/mol. The van der Waals surface area contributed by atoms with Crippen molar-refractivity contribution in [1.29, 1.82) is 0 Å². The first-order valence-corrected chi connectivity index (χ1v) is 5.23. The quantitative estimate of drug-likeness (QED) is 0.778. The van der Waals surface area contributed by atoms with Gasteiger partial charge in [0.1, 0.15) is 5.75 Å². The number of rotatable bonds is 3. The first kappa shape index (κ1) is 10.5. The molecule has 0 radical (unpaired) electrons. The van der Waals surface area contributed by atoms with Crippen molar-refractivity contribution in [1.82, 2.24) is 0 Å². The number of hydrogen-bond acceptors (Lipinski definition) is 3. The van der Waals surface area contributed by atoms with Gasteiger partial charge >= 0.3 is 0 Å². The normalized spacial score (nSPS) is 29.7. The SMILES string of the molecule is COc1cccc(C2(CN)CC(O)C2)c1. The Hall–Kier alpha value is -1.06. The highest BCUT2D eigenvalue weighted by atomic mass is 16.5. The van der Waals surface area contributed by atoms with Gasteiger partial charge in [0.25, 0.3) is 0 Å². The maximum absolute atomic E-state index is 9.42. The van der Waals surface area contributed by atoms with Crippen molar-refractivity contribution >= 4 is 0 Å². The molecule has 82 valence electrons. The summed E-state index contributed by atoms with van der Waals surface area (Å²) in [5, 5.41) is 9.42. The molecule has 1 aromatic carbocycles. The standard InChI is InChI=1S/C12H17NO2/c1-15-11-4-2-3-9(5-11)12(8-13)6-10(14)7-12/h2-5,10,14H,6-8,13H2,1H3. The molecule has 0 amide bonds. The van der Waals surface area contributed by atoms with Crippen LogP contribution in [0.3, 0.4) is 0 Å². The Balaban J connectivity index is 2.27. The molecule has 2 rings (SSSR count). The second-order valence-corrected chi connectivity index (χ2v) is 4.28. The molecule has 0 saturated heterocycles. The van der Waals surface area contributed by atoms with Crippen molar-refractivity contribution in [3.63, 3.8) is 0 Å². The van der Waals surface area contributed by atoms with Crippen LogP contribution in [0.1, 0.15) is 18.4 Å². The number of hydrogen-bond donors (Lipinski definition) is 2. The van der Waals surface area contributed by atoms with E-state index < -0.39 is 0 Å². The monoisotopic (exact) mass is 207 g/mol. The summed E-state index contributed by atoms with van der Waals surface area (Å²) in [5.74, 6) is 0.849. The Bertz CT molecular complexity index is 345. The number of aliphatic hydroxyl groups excluding tert-OH is 1. The van der Waals surface area contributed by atoms with Crippen LogP contribution in [-0.4, -0.2) is 24.9 Å². The predicted octanol–water partition coefficient (Wildman–Crippen LogP) is 1.05. The van der Waals surface area contributed by atoms with Crippen LogP contribution in [0.2, 0.25) is 0 Å². The molecule has 0 aliphatic heterocycles. The maximum atomic E-state index is 9.42. The second-order valence-electron chi connectivity index (χ2n) is 4.28. The van der Waals surface area contributed by atoms with Crippen molar-refractivity contribution in [2.24, 2.45) is 5.73 Å². The molecular weight excluding hydrogens is 190 g/mol. The van der Waals surface area contributed by atoms with Gasteiger partial charge in [-0.3, -0.25) is 0 Å². The van der Waals surface area contributed by atoms with Crippen molar-refractivity contribution in [3.05, 3.63) is 29.8 Å². The minimum atomic E-state index is -0.195. The van der Waals surface area contributed by atoms with Gasteiger partial charge in [-0.25, -0.2) is 0 Å². The first-order valence-electron chi connectivity index (χ1n) is 5.23. The number of aliphatic hydroxyl groups is 1. The van der Waals surface area contributed by atoms with E-state index in [0.717, 1.165) is 18.6 Å². The second kappa shape index (κ2) is 3.83.